The molecule has 13 N–H and O–H groups in total. The summed E-state index contributed by atoms with van der Waals surface area (Å²) in [6, 6.07) is -7.96. The minimum Gasteiger partial charge on any atom is -0.480 e. The van der Waals surface area contributed by atoms with Gasteiger partial charge in [-0.2, -0.15) is 0 Å². The van der Waals surface area contributed by atoms with Gasteiger partial charge in [0.1, 0.15) is 36.3 Å². The van der Waals surface area contributed by atoms with E-state index in [2.05, 4.69) is 42.5 Å². The molecular weight excluding hydrogens is 784 g/mol. The van der Waals surface area contributed by atoms with Crippen LogP contribution in [-0.4, -0.2) is 120 Å². The number of carbonyl (C=O) groups excluding carboxylic acids is 9. The molecular formula is C39H70N10O11. The first kappa shape index (κ1) is 54.7. The van der Waals surface area contributed by atoms with Gasteiger partial charge in [-0.1, -0.05) is 69.2 Å². The molecule has 0 unspecified atom stereocenters. The van der Waals surface area contributed by atoms with Crippen molar-refractivity contribution in [1.29, 1.82) is 0 Å². The first-order valence-electron chi connectivity index (χ1n) is 20.3. The van der Waals surface area contributed by atoms with Crippen LogP contribution >= 0.6 is 0 Å². The number of hydrogen-bond donors (Lipinski definition) is 11. The van der Waals surface area contributed by atoms with Crippen molar-refractivity contribution in [1.82, 2.24) is 42.5 Å². The largest absolute Gasteiger partial charge is 0.480 e. The third-order valence-corrected chi connectivity index (χ3v) is 9.07. The minimum absolute atomic E-state index is 0.0200. The van der Waals surface area contributed by atoms with Gasteiger partial charge in [0.25, 0.3) is 0 Å². The van der Waals surface area contributed by atoms with Crippen molar-refractivity contribution in [2.24, 2.45) is 41.1 Å². The van der Waals surface area contributed by atoms with E-state index < -0.39 is 132 Å². The third kappa shape index (κ3) is 21.1. The maximum Gasteiger partial charge on any atom is 0.326 e. The average molecular weight is 855 g/mol. The molecule has 60 heavy (non-hydrogen) atoms. The number of primary amides is 1. The second-order valence-corrected chi connectivity index (χ2v) is 16.8. The fraction of sp³-hybridized carbons (Fsp3) is 0.744. The summed E-state index contributed by atoms with van der Waals surface area (Å²) in [6.07, 6.45) is 0.108. The van der Waals surface area contributed by atoms with Gasteiger partial charge in [-0.3, -0.25) is 43.2 Å². The second kappa shape index (κ2) is 26.7. The third-order valence-electron chi connectivity index (χ3n) is 9.07. The van der Waals surface area contributed by atoms with Crippen molar-refractivity contribution in [2.45, 2.75) is 144 Å². The molecule has 0 bridgehead atoms. The standard InChI is InChI=1S/C39H70N10O11/c1-18(2)14-24(40)34(54)46-26(15-19(3)4)35(55)43-17-29(52)47-30(20(5)6)37(57)44-23(11)33(53)42-16-28(51)45-25(12-13-27(41)50)36(56)48-31(21(7)8)38(58)49-32(22(9)10)39(59)60/h18-26,30-32H,12-17,40H2,1-11H3,(H2,41,50)(H,42,53)(H,43,55)(H,44,57)(H,45,51)(H,46,54)(H,47,52)(H,48,56)(H,49,58)(H,59,60)/t23-,24-,25-,26-,30-,31-,32-/m0/s1. The van der Waals surface area contributed by atoms with Gasteiger partial charge in [0.05, 0.1) is 19.1 Å². The van der Waals surface area contributed by atoms with E-state index in [0.717, 1.165) is 0 Å². The molecule has 0 rings (SSSR count). The van der Waals surface area contributed by atoms with Crippen LogP contribution in [0.15, 0.2) is 0 Å². The van der Waals surface area contributed by atoms with Gasteiger partial charge >= 0.3 is 5.97 Å². The van der Waals surface area contributed by atoms with E-state index in [1.54, 1.807) is 41.5 Å². The maximum atomic E-state index is 13.3. The lowest BCUT2D eigenvalue weighted by Crippen LogP contribution is -2.59. The summed E-state index contributed by atoms with van der Waals surface area (Å²) in [4.78, 5) is 127. The predicted molar refractivity (Wildman–Crippen MR) is 221 cm³/mol. The molecule has 0 aliphatic rings. The molecule has 0 aliphatic heterocycles. The first-order valence-corrected chi connectivity index (χ1v) is 20.3. The summed E-state index contributed by atoms with van der Waals surface area (Å²) in [5.41, 5.74) is 11.2. The Morgan fingerprint density at radius 3 is 1.40 bits per heavy atom. The number of nitrogens with one attached hydrogen (secondary N) is 8. The van der Waals surface area contributed by atoms with Gasteiger partial charge in [0.15, 0.2) is 0 Å². The van der Waals surface area contributed by atoms with Crippen LogP contribution in [0.3, 0.4) is 0 Å². The van der Waals surface area contributed by atoms with Gasteiger partial charge in [-0.05, 0) is 55.8 Å². The number of carbonyl (C=O) groups is 10. The van der Waals surface area contributed by atoms with Crippen LogP contribution in [0, 0.1) is 29.6 Å². The molecule has 0 aromatic rings. The Hall–Kier alpha value is -5.34. The molecule has 342 valence electrons. The van der Waals surface area contributed by atoms with E-state index in [-0.39, 0.29) is 31.1 Å². The summed E-state index contributed by atoms with van der Waals surface area (Å²) < 4.78 is 0. The number of rotatable bonds is 27. The van der Waals surface area contributed by atoms with Crippen molar-refractivity contribution in [3.8, 4) is 0 Å². The molecule has 0 aliphatic carbocycles. The summed E-state index contributed by atoms with van der Waals surface area (Å²) in [5.74, 6) is -9.20. The number of aliphatic carboxylic acids is 1. The molecule has 7 atom stereocenters. The lowest BCUT2D eigenvalue weighted by atomic mass is 9.99. The quantitative estimate of drug-likeness (QED) is 0.0423. The van der Waals surface area contributed by atoms with Crippen LogP contribution in [0.25, 0.3) is 0 Å². The molecule has 0 saturated heterocycles. The molecule has 0 fully saturated rings. The summed E-state index contributed by atoms with van der Waals surface area (Å²) in [5, 5.41) is 29.2. The van der Waals surface area contributed by atoms with Gasteiger partial charge in [-0.25, -0.2) is 4.79 Å². The Morgan fingerprint density at radius 2 is 0.933 bits per heavy atom. The number of carboxylic acids is 1. The molecule has 0 radical (unpaired) electrons. The highest BCUT2D eigenvalue weighted by Crippen LogP contribution is 2.10. The van der Waals surface area contributed by atoms with E-state index in [1.165, 1.54) is 6.92 Å². The van der Waals surface area contributed by atoms with E-state index in [9.17, 15) is 53.1 Å². The fourth-order valence-electron chi connectivity index (χ4n) is 5.68. The molecule has 0 saturated carbocycles. The first-order chi connectivity index (χ1) is 27.7. The highest BCUT2D eigenvalue weighted by atomic mass is 16.4. The lowest BCUT2D eigenvalue weighted by molar-refractivity contribution is -0.144. The van der Waals surface area contributed by atoms with Crippen molar-refractivity contribution < 1.29 is 53.1 Å². The zero-order valence-electron chi connectivity index (χ0n) is 36.9. The molecule has 0 aromatic carbocycles. The predicted octanol–water partition coefficient (Wildman–Crippen LogP) is -2.11. The van der Waals surface area contributed by atoms with Gasteiger partial charge < -0.3 is 59.1 Å². The topological polar surface area (TPSA) is 339 Å². The van der Waals surface area contributed by atoms with Crippen molar-refractivity contribution in [3.63, 3.8) is 0 Å². The molecule has 0 heterocycles. The summed E-state index contributed by atoms with van der Waals surface area (Å²) in [6.45, 7) is 17.4. The van der Waals surface area contributed by atoms with Crippen LogP contribution in [0.5, 0.6) is 0 Å². The monoisotopic (exact) mass is 855 g/mol. The average Bonchev–Trinajstić information content (AvgIpc) is 3.12. The minimum atomic E-state index is -1.39. The smallest absolute Gasteiger partial charge is 0.326 e. The maximum absolute atomic E-state index is 13.3. The van der Waals surface area contributed by atoms with Crippen molar-refractivity contribution in [3.05, 3.63) is 0 Å². The van der Waals surface area contributed by atoms with Crippen LogP contribution in [0.1, 0.15) is 102 Å². The van der Waals surface area contributed by atoms with E-state index >= 15 is 0 Å². The van der Waals surface area contributed by atoms with Crippen LogP contribution in [-0.2, 0) is 47.9 Å². The van der Waals surface area contributed by atoms with Gasteiger partial charge in [0.2, 0.25) is 53.2 Å². The Bertz CT molecular complexity index is 1520. The normalized spacial score (nSPS) is 14.8. The zero-order valence-corrected chi connectivity index (χ0v) is 36.9. The van der Waals surface area contributed by atoms with E-state index in [1.807, 2.05) is 27.7 Å². The molecule has 0 aromatic heterocycles. The molecule has 21 heteroatoms. The second-order valence-electron chi connectivity index (χ2n) is 16.8. The van der Waals surface area contributed by atoms with Crippen LogP contribution < -0.4 is 54.0 Å². The Morgan fingerprint density at radius 1 is 0.483 bits per heavy atom. The number of carboxylic acid groups (broad SMARTS) is 1. The van der Waals surface area contributed by atoms with Gasteiger partial charge in [0, 0.05) is 6.42 Å². The van der Waals surface area contributed by atoms with Crippen LogP contribution in [0.2, 0.25) is 0 Å². The highest BCUT2D eigenvalue weighted by Gasteiger charge is 2.33. The summed E-state index contributed by atoms with van der Waals surface area (Å²) in [7, 11) is 0. The Kier molecular flexibility index (Phi) is 24.3. The number of nitrogens with two attached hydrogens (primary N) is 2. The SMILES string of the molecule is CC(C)C[C@H](NC(=O)[C@@H](N)CC(C)C)C(=O)NCC(=O)N[C@H](C(=O)N[C@@H](C)C(=O)NCC(=O)N[C@@H](CCC(N)=O)C(=O)N[C@H](C(=O)N[C@H](C(=O)O)C(C)C)C(C)C)C(C)C. The lowest BCUT2D eigenvalue weighted by Gasteiger charge is -2.27. The Labute approximate surface area is 352 Å². The summed E-state index contributed by atoms with van der Waals surface area (Å²) >= 11 is 0. The zero-order chi connectivity index (χ0) is 46.6. The molecule has 9 amide bonds. The van der Waals surface area contributed by atoms with Crippen molar-refractivity contribution in [2.75, 3.05) is 13.1 Å². The number of amides is 9. The Balaban J connectivity index is 5.48. The van der Waals surface area contributed by atoms with Crippen molar-refractivity contribution >= 4 is 59.1 Å². The molecule has 21 nitrogen and oxygen atoms in total. The highest BCUT2D eigenvalue weighted by molar-refractivity contribution is 5.97. The van der Waals surface area contributed by atoms with E-state index in [4.69, 9.17) is 11.5 Å². The fourth-order valence-corrected chi connectivity index (χ4v) is 5.68. The van der Waals surface area contributed by atoms with Crippen LogP contribution in [0.4, 0.5) is 0 Å². The number of hydrogen-bond acceptors (Lipinski definition) is 11. The van der Waals surface area contributed by atoms with E-state index in [0.29, 0.717) is 6.42 Å². The van der Waals surface area contributed by atoms with Gasteiger partial charge in [-0.15, -0.1) is 0 Å². The molecule has 0 spiro atoms.